The fourth-order valence-corrected chi connectivity index (χ4v) is 2.75. The van der Waals surface area contributed by atoms with E-state index in [9.17, 15) is 14.4 Å². The van der Waals surface area contributed by atoms with E-state index in [4.69, 9.17) is 4.74 Å². The number of ether oxygens (including phenoxy) is 1. The molecule has 0 unspecified atom stereocenters. The van der Waals surface area contributed by atoms with E-state index in [1.165, 1.54) is 4.90 Å². The van der Waals surface area contributed by atoms with Gasteiger partial charge in [-0.3, -0.25) is 9.59 Å². The van der Waals surface area contributed by atoms with Gasteiger partial charge in [0.2, 0.25) is 0 Å². The molecule has 2 aromatic rings. The monoisotopic (exact) mass is 357 g/mol. The zero-order valence-electron chi connectivity index (χ0n) is 15.5. The second-order valence-electron chi connectivity index (χ2n) is 5.76. The smallest absolute Gasteiger partial charge is 0.380 e. The number of ketones is 1. The highest BCUT2D eigenvalue weighted by molar-refractivity contribution is 6.41. The van der Waals surface area contributed by atoms with Gasteiger partial charge in [-0.1, -0.05) is 18.2 Å². The number of benzene rings is 1. The summed E-state index contributed by atoms with van der Waals surface area (Å²) in [6.45, 7) is 7.63. The average Bonchev–Trinajstić information content (AvgIpc) is 2.95. The Labute approximate surface area is 152 Å². The van der Waals surface area contributed by atoms with Crippen molar-refractivity contribution < 1.29 is 19.1 Å². The van der Waals surface area contributed by atoms with E-state index in [1.54, 1.807) is 18.5 Å². The Balaban J connectivity index is 2.16. The van der Waals surface area contributed by atoms with Crippen LogP contribution in [0.5, 0.6) is 0 Å². The van der Waals surface area contributed by atoms with Crippen molar-refractivity contribution in [2.75, 3.05) is 19.7 Å². The van der Waals surface area contributed by atoms with Crippen LogP contribution >= 0.6 is 0 Å². The minimum Gasteiger partial charge on any atom is -0.450 e. The number of hydrogen-bond acceptors (Lipinski definition) is 5. The molecule has 1 amide bonds. The van der Waals surface area contributed by atoms with Crippen LogP contribution in [0.3, 0.4) is 0 Å². The largest absolute Gasteiger partial charge is 0.450 e. The van der Waals surface area contributed by atoms with Gasteiger partial charge >= 0.3 is 5.97 Å². The van der Waals surface area contributed by atoms with E-state index in [0.29, 0.717) is 24.5 Å². The van der Waals surface area contributed by atoms with Gasteiger partial charge in [-0.15, -0.1) is 0 Å². The van der Waals surface area contributed by atoms with Gasteiger partial charge in [0, 0.05) is 13.1 Å². The molecule has 0 aliphatic rings. The summed E-state index contributed by atoms with van der Waals surface area (Å²) in [4.78, 5) is 38.1. The molecular weight excluding hydrogens is 334 g/mol. The van der Waals surface area contributed by atoms with Crippen molar-refractivity contribution in [3.05, 3.63) is 47.3 Å². The molecule has 0 saturated heterocycles. The van der Waals surface area contributed by atoms with E-state index in [-0.39, 0.29) is 11.5 Å². The standard InChI is InChI=1S/C19H23N3O4/c1-5-21(6-2)16(23)12-26-19(25)18(24)17-13(3)20-22(14(17)4)15-10-8-7-9-11-15/h7-11H,5-6,12H2,1-4H3. The molecule has 1 aromatic carbocycles. The molecule has 0 spiro atoms. The van der Waals surface area contributed by atoms with Crippen LogP contribution in [0.2, 0.25) is 0 Å². The Morgan fingerprint density at radius 1 is 1.08 bits per heavy atom. The highest BCUT2D eigenvalue weighted by Gasteiger charge is 2.27. The molecular formula is C19H23N3O4. The molecule has 0 atom stereocenters. The number of carbonyl (C=O) groups excluding carboxylic acids is 3. The Kier molecular flexibility index (Phi) is 6.27. The molecule has 26 heavy (non-hydrogen) atoms. The number of amides is 1. The van der Waals surface area contributed by atoms with E-state index in [0.717, 1.165) is 5.69 Å². The van der Waals surface area contributed by atoms with Gasteiger partial charge in [0.1, 0.15) is 0 Å². The molecule has 1 aromatic heterocycles. The maximum absolute atomic E-state index is 12.5. The van der Waals surface area contributed by atoms with Gasteiger partial charge in [-0.2, -0.15) is 5.10 Å². The Hall–Kier alpha value is -2.96. The van der Waals surface area contributed by atoms with Gasteiger partial charge < -0.3 is 9.64 Å². The molecule has 0 aliphatic heterocycles. The second-order valence-corrected chi connectivity index (χ2v) is 5.76. The lowest BCUT2D eigenvalue weighted by Gasteiger charge is -2.18. The highest BCUT2D eigenvalue weighted by Crippen LogP contribution is 2.18. The highest BCUT2D eigenvalue weighted by atomic mass is 16.5. The second kappa shape index (κ2) is 8.42. The van der Waals surface area contributed by atoms with E-state index in [1.807, 2.05) is 44.2 Å². The number of carbonyl (C=O) groups is 3. The van der Waals surface area contributed by atoms with Crippen molar-refractivity contribution in [2.24, 2.45) is 0 Å². The Morgan fingerprint density at radius 3 is 2.27 bits per heavy atom. The minimum atomic E-state index is -1.05. The summed E-state index contributed by atoms with van der Waals surface area (Å²) < 4.78 is 6.52. The third-order valence-electron chi connectivity index (χ3n) is 4.15. The molecule has 7 nitrogen and oxygen atoms in total. The number of aryl methyl sites for hydroxylation is 1. The Bertz CT molecular complexity index is 808. The molecule has 0 N–H and O–H groups in total. The first-order chi connectivity index (χ1) is 12.4. The van der Waals surface area contributed by atoms with Crippen LogP contribution in [0, 0.1) is 13.8 Å². The first-order valence-corrected chi connectivity index (χ1v) is 8.51. The summed E-state index contributed by atoms with van der Waals surface area (Å²) in [6, 6.07) is 9.32. The van der Waals surface area contributed by atoms with Gasteiger partial charge in [-0.05, 0) is 39.8 Å². The third kappa shape index (κ3) is 3.99. The summed E-state index contributed by atoms with van der Waals surface area (Å²) in [6.07, 6.45) is 0. The Morgan fingerprint density at radius 2 is 1.69 bits per heavy atom. The first-order valence-electron chi connectivity index (χ1n) is 8.51. The zero-order chi connectivity index (χ0) is 19.3. The maximum atomic E-state index is 12.5. The van der Waals surface area contributed by atoms with Crippen molar-refractivity contribution in [1.82, 2.24) is 14.7 Å². The number of likely N-dealkylation sites (N-methyl/N-ethyl adjacent to an activating group) is 1. The van der Waals surface area contributed by atoms with Crippen LogP contribution in [0.15, 0.2) is 30.3 Å². The number of hydrogen-bond donors (Lipinski definition) is 0. The number of aromatic nitrogens is 2. The predicted molar refractivity (Wildman–Crippen MR) is 96.3 cm³/mol. The third-order valence-corrected chi connectivity index (χ3v) is 4.15. The zero-order valence-corrected chi connectivity index (χ0v) is 15.5. The SMILES string of the molecule is CCN(CC)C(=O)COC(=O)C(=O)c1c(C)nn(-c2ccccc2)c1C. The molecule has 0 saturated carbocycles. The van der Waals surface area contributed by atoms with Gasteiger partial charge in [0.25, 0.3) is 11.7 Å². The fraction of sp³-hybridized carbons (Fsp3) is 0.368. The summed E-state index contributed by atoms with van der Waals surface area (Å²) in [5, 5.41) is 4.35. The molecule has 2 rings (SSSR count). The predicted octanol–water partition coefficient (Wildman–Crippen LogP) is 2.08. The topological polar surface area (TPSA) is 81.5 Å². The van der Waals surface area contributed by atoms with Crippen molar-refractivity contribution >= 4 is 17.7 Å². The number of esters is 1. The van der Waals surface area contributed by atoms with Crippen molar-refractivity contribution in [3.63, 3.8) is 0 Å². The van der Waals surface area contributed by atoms with Gasteiger partial charge in [0.15, 0.2) is 6.61 Å². The lowest BCUT2D eigenvalue weighted by molar-refractivity contribution is -0.148. The number of Topliss-reactive ketones (excluding diaryl/α,β-unsaturated/α-hetero) is 1. The van der Waals surface area contributed by atoms with Crippen LogP contribution in [-0.4, -0.2) is 52.0 Å². The quantitative estimate of drug-likeness (QED) is 0.430. The fourth-order valence-electron chi connectivity index (χ4n) is 2.75. The normalized spacial score (nSPS) is 10.5. The molecule has 0 radical (unpaired) electrons. The number of nitrogens with zero attached hydrogens (tertiary/aromatic N) is 3. The molecule has 1 heterocycles. The van der Waals surface area contributed by atoms with E-state index >= 15 is 0 Å². The molecule has 0 bridgehead atoms. The van der Waals surface area contributed by atoms with E-state index < -0.39 is 18.4 Å². The van der Waals surface area contributed by atoms with Crippen LogP contribution in [0.4, 0.5) is 0 Å². The molecule has 0 fully saturated rings. The van der Waals surface area contributed by atoms with Crippen LogP contribution in [-0.2, 0) is 14.3 Å². The first kappa shape index (κ1) is 19.4. The number of para-hydroxylation sites is 1. The molecule has 138 valence electrons. The molecule has 7 heteroatoms. The van der Waals surface area contributed by atoms with Crippen molar-refractivity contribution in [1.29, 1.82) is 0 Å². The van der Waals surface area contributed by atoms with Crippen LogP contribution in [0.1, 0.15) is 35.6 Å². The van der Waals surface area contributed by atoms with Gasteiger partial charge in [-0.25, -0.2) is 9.48 Å². The summed E-state index contributed by atoms with van der Waals surface area (Å²) >= 11 is 0. The summed E-state index contributed by atoms with van der Waals surface area (Å²) in [7, 11) is 0. The lowest BCUT2D eigenvalue weighted by Crippen LogP contribution is -2.35. The van der Waals surface area contributed by atoms with Crippen LogP contribution < -0.4 is 0 Å². The summed E-state index contributed by atoms with van der Waals surface area (Å²) in [5.74, 6) is -2.18. The van der Waals surface area contributed by atoms with Crippen LogP contribution in [0.25, 0.3) is 5.69 Å². The van der Waals surface area contributed by atoms with E-state index in [2.05, 4.69) is 5.10 Å². The van der Waals surface area contributed by atoms with Gasteiger partial charge in [0.05, 0.1) is 22.6 Å². The minimum absolute atomic E-state index is 0.203. The summed E-state index contributed by atoms with van der Waals surface area (Å²) in [5.41, 5.74) is 1.97. The number of rotatable bonds is 7. The van der Waals surface area contributed by atoms with Crippen molar-refractivity contribution in [2.45, 2.75) is 27.7 Å². The van der Waals surface area contributed by atoms with Crippen molar-refractivity contribution in [3.8, 4) is 5.69 Å². The molecule has 0 aliphatic carbocycles. The average molecular weight is 357 g/mol. The lowest BCUT2D eigenvalue weighted by atomic mass is 10.1. The maximum Gasteiger partial charge on any atom is 0.380 e.